The molecule has 1 aromatic carbocycles. The lowest BCUT2D eigenvalue weighted by Crippen LogP contribution is -1.96. The van der Waals surface area contributed by atoms with Crippen molar-refractivity contribution in [2.45, 2.75) is 0 Å². The third-order valence-corrected chi connectivity index (χ3v) is 2.74. The number of rotatable bonds is 4. The van der Waals surface area contributed by atoms with Crippen LogP contribution in [0.3, 0.4) is 0 Å². The molecule has 0 aliphatic heterocycles. The van der Waals surface area contributed by atoms with Crippen molar-refractivity contribution in [1.82, 2.24) is 0 Å². The second-order valence-corrected chi connectivity index (χ2v) is 3.91. The van der Waals surface area contributed by atoms with Crippen molar-refractivity contribution >= 4 is 28.0 Å². The molecule has 4 nitrogen and oxygen atoms in total. The number of benzene rings is 1. The standard InChI is InChI=1S/C12H13BrO4/c1-15-10-6-5-9(13)12(17-3)8(10)4-7-11(14)16-2/h4-7H,1-3H3/b7-4+. The van der Waals surface area contributed by atoms with Gasteiger partial charge < -0.3 is 14.2 Å². The van der Waals surface area contributed by atoms with Gasteiger partial charge in [0.15, 0.2) is 0 Å². The largest absolute Gasteiger partial charge is 0.496 e. The fraction of sp³-hybridized carbons (Fsp3) is 0.250. The molecule has 0 amide bonds. The minimum Gasteiger partial charge on any atom is -0.496 e. The van der Waals surface area contributed by atoms with Crippen LogP contribution in [-0.4, -0.2) is 27.3 Å². The van der Waals surface area contributed by atoms with E-state index >= 15 is 0 Å². The van der Waals surface area contributed by atoms with Crippen molar-refractivity contribution in [1.29, 1.82) is 0 Å². The summed E-state index contributed by atoms with van der Waals surface area (Å²) in [6.07, 6.45) is 2.90. The highest BCUT2D eigenvalue weighted by atomic mass is 79.9. The molecule has 0 fully saturated rings. The van der Waals surface area contributed by atoms with Crippen molar-refractivity contribution in [3.8, 4) is 11.5 Å². The van der Waals surface area contributed by atoms with E-state index in [4.69, 9.17) is 9.47 Å². The van der Waals surface area contributed by atoms with Gasteiger partial charge in [-0.15, -0.1) is 0 Å². The molecule has 0 aromatic heterocycles. The first-order chi connectivity index (χ1) is 8.13. The molecule has 0 saturated heterocycles. The molecule has 0 saturated carbocycles. The molecule has 0 aliphatic rings. The van der Waals surface area contributed by atoms with Crippen LogP contribution in [0.4, 0.5) is 0 Å². The van der Waals surface area contributed by atoms with Crippen molar-refractivity contribution < 1.29 is 19.0 Å². The normalized spacial score (nSPS) is 10.4. The van der Waals surface area contributed by atoms with E-state index in [-0.39, 0.29) is 0 Å². The molecule has 17 heavy (non-hydrogen) atoms. The van der Waals surface area contributed by atoms with Gasteiger partial charge in [-0.3, -0.25) is 0 Å². The Morgan fingerprint density at radius 2 is 1.94 bits per heavy atom. The number of carbonyl (C=O) groups is 1. The number of esters is 1. The Morgan fingerprint density at radius 3 is 2.47 bits per heavy atom. The highest BCUT2D eigenvalue weighted by Crippen LogP contribution is 2.36. The van der Waals surface area contributed by atoms with E-state index in [1.165, 1.54) is 13.2 Å². The van der Waals surface area contributed by atoms with Crippen molar-refractivity contribution in [3.63, 3.8) is 0 Å². The molecule has 0 spiro atoms. The van der Waals surface area contributed by atoms with Gasteiger partial charge in [-0.05, 0) is 34.1 Å². The molecular formula is C12H13BrO4. The number of methoxy groups -OCH3 is 3. The van der Waals surface area contributed by atoms with Crippen molar-refractivity contribution in [3.05, 3.63) is 28.2 Å². The second kappa shape index (κ2) is 6.30. The summed E-state index contributed by atoms with van der Waals surface area (Å²) in [5, 5.41) is 0. The predicted octanol–water partition coefficient (Wildman–Crippen LogP) is 2.65. The van der Waals surface area contributed by atoms with Crippen LogP contribution in [0.5, 0.6) is 11.5 Å². The zero-order valence-electron chi connectivity index (χ0n) is 9.82. The molecule has 0 unspecified atom stereocenters. The number of halogens is 1. The first-order valence-corrected chi connectivity index (χ1v) is 5.59. The summed E-state index contributed by atoms with van der Waals surface area (Å²) in [6, 6.07) is 3.59. The van der Waals surface area contributed by atoms with Gasteiger partial charge in [0, 0.05) is 6.08 Å². The van der Waals surface area contributed by atoms with Gasteiger partial charge in [0.25, 0.3) is 0 Å². The maximum atomic E-state index is 11.1. The maximum Gasteiger partial charge on any atom is 0.330 e. The van der Waals surface area contributed by atoms with Crippen LogP contribution < -0.4 is 9.47 Å². The molecule has 0 N–H and O–H groups in total. The number of hydrogen-bond acceptors (Lipinski definition) is 4. The van der Waals surface area contributed by atoms with E-state index in [0.717, 1.165) is 4.47 Å². The van der Waals surface area contributed by atoms with E-state index in [9.17, 15) is 4.79 Å². The van der Waals surface area contributed by atoms with Gasteiger partial charge in [-0.1, -0.05) is 0 Å². The Bertz CT molecular complexity index is 440. The van der Waals surface area contributed by atoms with Crippen LogP contribution in [0, 0.1) is 0 Å². The summed E-state index contributed by atoms with van der Waals surface area (Å²) in [5.74, 6) is 0.781. The van der Waals surface area contributed by atoms with Crippen LogP contribution >= 0.6 is 15.9 Å². The molecular weight excluding hydrogens is 288 g/mol. The third kappa shape index (κ3) is 3.23. The Morgan fingerprint density at radius 1 is 1.24 bits per heavy atom. The Kier molecular flexibility index (Phi) is 5.03. The molecule has 0 atom stereocenters. The predicted molar refractivity (Wildman–Crippen MR) is 68.3 cm³/mol. The lowest BCUT2D eigenvalue weighted by molar-refractivity contribution is -0.134. The summed E-state index contributed by atoms with van der Waals surface area (Å²) < 4.78 is 15.8. The molecule has 5 heteroatoms. The average molecular weight is 301 g/mol. The Hall–Kier alpha value is -1.49. The average Bonchev–Trinajstić information content (AvgIpc) is 2.35. The lowest BCUT2D eigenvalue weighted by atomic mass is 10.1. The summed E-state index contributed by atoms with van der Waals surface area (Å²) in [5.41, 5.74) is 0.676. The summed E-state index contributed by atoms with van der Waals surface area (Å²) in [4.78, 5) is 11.1. The molecule has 1 rings (SSSR count). The van der Waals surface area contributed by atoms with Gasteiger partial charge in [0.2, 0.25) is 0 Å². The SMILES string of the molecule is COC(=O)/C=C/c1c(OC)ccc(Br)c1OC. The van der Waals surface area contributed by atoms with Gasteiger partial charge in [-0.2, -0.15) is 0 Å². The molecule has 0 bridgehead atoms. The lowest BCUT2D eigenvalue weighted by Gasteiger charge is -2.11. The smallest absolute Gasteiger partial charge is 0.330 e. The molecule has 0 aliphatic carbocycles. The van der Waals surface area contributed by atoms with E-state index in [2.05, 4.69) is 20.7 Å². The zero-order chi connectivity index (χ0) is 12.8. The van der Waals surface area contributed by atoms with Gasteiger partial charge in [0.05, 0.1) is 31.4 Å². The summed E-state index contributed by atoms with van der Waals surface area (Å²) in [6.45, 7) is 0. The fourth-order valence-electron chi connectivity index (χ4n) is 1.32. The van der Waals surface area contributed by atoms with Crippen LogP contribution in [-0.2, 0) is 9.53 Å². The fourth-order valence-corrected chi connectivity index (χ4v) is 1.83. The highest BCUT2D eigenvalue weighted by Gasteiger charge is 2.11. The third-order valence-electron chi connectivity index (χ3n) is 2.12. The minimum absolute atomic E-state index is 0.436. The van der Waals surface area contributed by atoms with Crippen LogP contribution in [0.25, 0.3) is 6.08 Å². The monoisotopic (exact) mass is 300 g/mol. The van der Waals surface area contributed by atoms with Crippen LogP contribution in [0.2, 0.25) is 0 Å². The molecule has 92 valence electrons. The van der Waals surface area contributed by atoms with Crippen LogP contribution in [0.15, 0.2) is 22.7 Å². The summed E-state index contributed by atoms with van der Waals surface area (Å²) in [7, 11) is 4.43. The van der Waals surface area contributed by atoms with E-state index in [0.29, 0.717) is 17.1 Å². The topological polar surface area (TPSA) is 44.8 Å². The summed E-state index contributed by atoms with van der Waals surface area (Å²) >= 11 is 3.36. The first kappa shape index (κ1) is 13.6. The van der Waals surface area contributed by atoms with Crippen molar-refractivity contribution in [2.24, 2.45) is 0 Å². The maximum absolute atomic E-state index is 11.1. The van der Waals surface area contributed by atoms with Crippen LogP contribution in [0.1, 0.15) is 5.56 Å². The van der Waals surface area contributed by atoms with Gasteiger partial charge in [0.1, 0.15) is 11.5 Å². The highest BCUT2D eigenvalue weighted by molar-refractivity contribution is 9.10. The van der Waals surface area contributed by atoms with Gasteiger partial charge in [-0.25, -0.2) is 4.79 Å². The zero-order valence-corrected chi connectivity index (χ0v) is 11.4. The molecule has 0 radical (unpaired) electrons. The van der Waals surface area contributed by atoms with E-state index < -0.39 is 5.97 Å². The number of ether oxygens (including phenoxy) is 3. The second-order valence-electron chi connectivity index (χ2n) is 3.05. The Labute approximate surface area is 108 Å². The molecule has 0 heterocycles. The van der Waals surface area contributed by atoms with Crippen molar-refractivity contribution in [2.75, 3.05) is 21.3 Å². The Balaban J connectivity index is 3.22. The number of carbonyl (C=O) groups excluding carboxylic acids is 1. The molecule has 1 aromatic rings. The van der Waals surface area contributed by atoms with Gasteiger partial charge >= 0.3 is 5.97 Å². The van der Waals surface area contributed by atoms with E-state index in [1.807, 2.05) is 6.07 Å². The first-order valence-electron chi connectivity index (χ1n) is 4.80. The number of hydrogen-bond donors (Lipinski definition) is 0. The van der Waals surface area contributed by atoms with E-state index in [1.54, 1.807) is 26.4 Å². The minimum atomic E-state index is -0.436. The quantitative estimate of drug-likeness (QED) is 0.633.